The van der Waals surface area contributed by atoms with Crippen molar-refractivity contribution in [1.82, 2.24) is 24.1 Å². The van der Waals surface area contributed by atoms with E-state index in [1.807, 2.05) is 41.1 Å². The van der Waals surface area contributed by atoms with E-state index in [4.69, 9.17) is 10.5 Å². The standard InChI is InChI=1S/C23H21N7O2/c24-23(31)32-12-11-29-10-7-19-21(29)22(27-15-26-19)28-17-4-5-20-16(13-17)6-9-30(20)14-18-3-1-2-8-25-18/h1-10,13,15H,11-12,14H2,(H2,24,31)(H,26,27,28). The number of anilines is 2. The molecule has 4 heterocycles. The summed E-state index contributed by atoms with van der Waals surface area (Å²) in [6.45, 7) is 1.33. The molecule has 0 spiro atoms. The zero-order valence-electron chi connectivity index (χ0n) is 17.2. The third-order valence-corrected chi connectivity index (χ3v) is 5.22. The highest BCUT2D eigenvalue weighted by molar-refractivity contribution is 5.90. The Bertz CT molecular complexity index is 1390. The van der Waals surface area contributed by atoms with Gasteiger partial charge < -0.3 is 24.9 Å². The van der Waals surface area contributed by atoms with Gasteiger partial charge in [-0.3, -0.25) is 4.98 Å². The van der Waals surface area contributed by atoms with Crippen molar-refractivity contribution < 1.29 is 9.53 Å². The predicted molar refractivity (Wildman–Crippen MR) is 122 cm³/mol. The van der Waals surface area contributed by atoms with Crippen molar-refractivity contribution in [2.75, 3.05) is 11.9 Å². The molecule has 32 heavy (non-hydrogen) atoms. The van der Waals surface area contributed by atoms with Crippen LogP contribution in [0.5, 0.6) is 0 Å². The molecule has 0 saturated carbocycles. The number of pyridine rings is 1. The number of ether oxygens (including phenoxy) is 1. The fourth-order valence-corrected chi connectivity index (χ4v) is 3.77. The molecule has 9 heteroatoms. The Morgan fingerprint density at radius 3 is 2.78 bits per heavy atom. The average Bonchev–Trinajstić information content (AvgIpc) is 3.39. The number of fused-ring (bicyclic) bond motifs is 2. The van der Waals surface area contributed by atoms with E-state index in [0.29, 0.717) is 18.9 Å². The maximum Gasteiger partial charge on any atom is 0.404 e. The lowest BCUT2D eigenvalue weighted by molar-refractivity contribution is 0.153. The number of nitrogens with one attached hydrogen (secondary N) is 1. The molecule has 0 bridgehead atoms. The zero-order valence-corrected chi connectivity index (χ0v) is 17.2. The van der Waals surface area contributed by atoms with Crippen LogP contribution in [-0.2, 0) is 17.8 Å². The number of rotatable bonds is 7. The average molecular weight is 427 g/mol. The quantitative estimate of drug-likeness (QED) is 0.410. The van der Waals surface area contributed by atoms with Gasteiger partial charge in [0.2, 0.25) is 0 Å². The molecule has 9 nitrogen and oxygen atoms in total. The molecule has 5 aromatic rings. The summed E-state index contributed by atoms with van der Waals surface area (Å²) in [5, 5.41) is 4.51. The van der Waals surface area contributed by atoms with Gasteiger partial charge in [0.15, 0.2) is 5.82 Å². The Balaban J connectivity index is 1.40. The van der Waals surface area contributed by atoms with Gasteiger partial charge in [0.1, 0.15) is 18.5 Å². The summed E-state index contributed by atoms with van der Waals surface area (Å²) in [4.78, 5) is 24.0. The van der Waals surface area contributed by atoms with Crippen LogP contribution >= 0.6 is 0 Å². The molecule has 0 aliphatic heterocycles. The van der Waals surface area contributed by atoms with Gasteiger partial charge in [-0.05, 0) is 42.5 Å². The first-order valence-electron chi connectivity index (χ1n) is 10.2. The van der Waals surface area contributed by atoms with Gasteiger partial charge in [-0.15, -0.1) is 0 Å². The molecule has 1 aromatic carbocycles. The van der Waals surface area contributed by atoms with Gasteiger partial charge in [-0.25, -0.2) is 14.8 Å². The zero-order chi connectivity index (χ0) is 21.9. The summed E-state index contributed by atoms with van der Waals surface area (Å²) < 4.78 is 8.97. The van der Waals surface area contributed by atoms with E-state index < -0.39 is 6.09 Å². The number of hydrogen-bond acceptors (Lipinski definition) is 6. The van der Waals surface area contributed by atoms with Crippen molar-refractivity contribution >= 4 is 39.5 Å². The topological polar surface area (TPSA) is 113 Å². The molecule has 0 aliphatic rings. The SMILES string of the molecule is NC(=O)OCCn1ccc2ncnc(Nc3ccc4c(ccn4Cc4ccccn4)c3)c21. The summed E-state index contributed by atoms with van der Waals surface area (Å²) in [5.74, 6) is 0.673. The molecule has 0 aliphatic carbocycles. The van der Waals surface area contributed by atoms with Crippen LogP contribution in [0.2, 0.25) is 0 Å². The van der Waals surface area contributed by atoms with E-state index in [2.05, 4.69) is 49.2 Å². The molecule has 1 amide bonds. The number of benzene rings is 1. The molecule has 0 radical (unpaired) electrons. The monoisotopic (exact) mass is 427 g/mol. The van der Waals surface area contributed by atoms with Crippen LogP contribution in [0.4, 0.5) is 16.3 Å². The van der Waals surface area contributed by atoms with E-state index in [1.165, 1.54) is 6.33 Å². The second-order valence-corrected chi connectivity index (χ2v) is 7.30. The van der Waals surface area contributed by atoms with Crippen molar-refractivity contribution in [1.29, 1.82) is 0 Å². The highest BCUT2D eigenvalue weighted by atomic mass is 16.5. The van der Waals surface area contributed by atoms with Crippen LogP contribution in [0.25, 0.3) is 21.9 Å². The number of hydrogen-bond donors (Lipinski definition) is 2. The summed E-state index contributed by atoms with van der Waals surface area (Å²) in [6, 6.07) is 16.1. The minimum atomic E-state index is -0.792. The Morgan fingerprint density at radius 2 is 1.94 bits per heavy atom. The molecule has 4 aromatic heterocycles. The summed E-state index contributed by atoms with van der Waals surface area (Å²) >= 11 is 0. The van der Waals surface area contributed by atoms with Crippen LogP contribution in [0.3, 0.4) is 0 Å². The summed E-state index contributed by atoms with van der Waals surface area (Å²) in [5.41, 5.74) is 9.72. The highest BCUT2D eigenvalue weighted by Crippen LogP contribution is 2.27. The number of nitrogens with zero attached hydrogens (tertiary/aromatic N) is 5. The minimum Gasteiger partial charge on any atom is -0.448 e. The number of carbonyl (C=O) groups excluding carboxylic acids is 1. The highest BCUT2D eigenvalue weighted by Gasteiger charge is 2.11. The van der Waals surface area contributed by atoms with E-state index in [0.717, 1.165) is 33.3 Å². The van der Waals surface area contributed by atoms with Gasteiger partial charge in [-0.1, -0.05) is 6.07 Å². The fraction of sp³-hybridized carbons (Fsp3) is 0.130. The molecule has 5 rings (SSSR count). The number of carbonyl (C=O) groups is 1. The molecular formula is C23H21N7O2. The predicted octanol–water partition coefficient (Wildman–Crippen LogP) is 3.67. The van der Waals surface area contributed by atoms with E-state index >= 15 is 0 Å². The minimum absolute atomic E-state index is 0.170. The lowest BCUT2D eigenvalue weighted by atomic mass is 10.2. The lowest BCUT2D eigenvalue weighted by Crippen LogP contribution is -2.16. The number of nitrogens with two attached hydrogens (primary N) is 1. The van der Waals surface area contributed by atoms with Gasteiger partial charge in [-0.2, -0.15) is 0 Å². The van der Waals surface area contributed by atoms with Crippen molar-refractivity contribution in [3.8, 4) is 0 Å². The Morgan fingerprint density at radius 1 is 1.03 bits per heavy atom. The smallest absolute Gasteiger partial charge is 0.404 e. The maximum atomic E-state index is 10.9. The Kier molecular flexibility index (Phi) is 5.12. The number of amides is 1. The molecule has 0 unspecified atom stereocenters. The fourth-order valence-electron chi connectivity index (χ4n) is 3.77. The van der Waals surface area contributed by atoms with Crippen molar-refractivity contribution in [3.05, 3.63) is 79.1 Å². The van der Waals surface area contributed by atoms with Crippen LogP contribution in [-0.4, -0.2) is 36.8 Å². The second-order valence-electron chi connectivity index (χ2n) is 7.30. The largest absolute Gasteiger partial charge is 0.448 e. The maximum absolute atomic E-state index is 10.9. The third kappa shape index (κ3) is 3.95. The van der Waals surface area contributed by atoms with Crippen LogP contribution in [0, 0.1) is 0 Å². The first-order valence-corrected chi connectivity index (χ1v) is 10.2. The Labute approximate surface area is 183 Å². The van der Waals surface area contributed by atoms with E-state index in [-0.39, 0.29) is 6.61 Å². The van der Waals surface area contributed by atoms with Crippen LogP contribution in [0.1, 0.15) is 5.69 Å². The van der Waals surface area contributed by atoms with E-state index in [1.54, 1.807) is 6.20 Å². The summed E-state index contributed by atoms with van der Waals surface area (Å²) in [7, 11) is 0. The molecule has 3 N–H and O–H groups in total. The molecular weight excluding hydrogens is 406 g/mol. The van der Waals surface area contributed by atoms with Gasteiger partial charge in [0.25, 0.3) is 0 Å². The van der Waals surface area contributed by atoms with Gasteiger partial charge in [0.05, 0.1) is 24.3 Å². The first kappa shape index (κ1) is 19.6. The van der Waals surface area contributed by atoms with Crippen molar-refractivity contribution in [2.24, 2.45) is 5.73 Å². The normalized spacial score (nSPS) is 11.1. The Hall–Kier alpha value is -4.40. The van der Waals surface area contributed by atoms with Crippen LogP contribution in [0.15, 0.2) is 73.4 Å². The van der Waals surface area contributed by atoms with Crippen LogP contribution < -0.4 is 11.1 Å². The molecule has 0 fully saturated rings. The van der Waals surface area contributed by atoms with Gasteiger partial charge in [0, 0.05) is 35.2 Å². The molecule has 0 saturated heterocycles. The summed E-state index contributed by atoms with van der Waals surface area (Å²) in [6.07, 6.45) is 6.49. The number of primary amides is 1. The lowest BCUT2D eigenvalue weighted by Gasteiger charge is -2.11. The first-order chi connectivity index (χ1) is 15.7. The van der Waals surface area contributed by atoms with Crippen molar-refractivity contribution in [3.63, 3.8) is 0 Å². The second kappa shape index (κ2) is 8.38. The molecule has 160 valence electrons. The molecule has 0 atom stereocenters. The van der Waals surface area contributed by atoms with Crippen molar-refractivity contribution in [2.45, 2.75) is 13.1 Å². The number of aromatic nitrogens is 5. The third-order valence-electron chi connectivity index (χ3n) is 5.22. The van der Waals surface area contributed by atoms with E-state index in [9.17, 15) is 4.79 Å². The van der Waals surface area contributed by atoms with Gasteiger partial charge >= 0.3 is 6.09 Å².